The molecule has 40 heavy (non-hydrogen) atoms. The van der Waals surface area contributed by atoms with Crippen LogP contribution in [0.5, 0.6) is 17.2 Å². The zero-order valence-electron chi connectivity index (χ0n) is 22.7. The number of nitrogens with zero attached hydrogens (tertiary/aromatic N) is 2. The molecule has 0 unspecified atom stereocenters. The third-order valence-electron chi connectivity index (χ3n) is 7.24. The Hall–Kier alpha value is -4.14. The minimum atomic E-state index is -0.316. The lowest BCUT2D eigenvalue weighted by Crippen LogP contribution is -2.51. The topological polar surface area (TPSA) is 79.3 Å². The molecule has 212 valence electrons. The van der Waals surface area contributed by atoms with E-state index in [0.29, 0.717) is 37.2 Å². The molecule has 0 bridgehead atoms. The average molecular weight is 553 g/mol. The van der Waals surface area contributed by atoms with E-state index in [1.807, 2.05) is 0 Å². The Kier molecular flexibility index (Phi) is 9.58. The van der Waals surface area contributed by atoms with Crippen molar-refractivity contribution >= 4 is 11.8 Å². The minimum Gasteiger partial charge on any atom is -0.504 e. The number of phenols is 1. The van der Waals surface area contributed by atoms with Crippen molar-refractivity contribution in [2.75, 3.05) is 33.9 Å². The summed E-state index contributed by atoms with van der Waals surface area (Å²) >= 11 is 0. The number of methoxy groups -OCH3 is 2. The van der Waals surface area contributed by atoms with Crippen LogP contribution in [0.2, 0.25) is 0 Å². The first-order chi connectivity index (χ1) is 19.3. The highest BCUT2D eigenvalue weighted by Crippen LogP contribution is 2.38. The number of phenolic OH excluding ortho intramolecular Hbond substituents is 1. The maximum absolute atomic E-state index is 13.5. The van der Waals surface area contributed by atoms with E-state index in [2.05, 4.69) is 0 Å². The molecule has 9 heteroatoms. The first-order valence-electron chi connectivity index (χ1n) is 13.3. The number of piperazine rings is 1. The monoisotopic (exact) mass is 552 g/mol. The predicted molar refractivity (Wildman–Crippen MR) is 146 cm³/mol. The first-order valence-corrected chi connectivity index (χ1v) is 13.3. The van der Waals surface area contributed by atoms with Gasteiger partial charge < -0.3 is 24.4 Å². The molecule has 0 radical (unpaired) electrons. The molecule has 3 aromatic rings. The number of benzene rings is 3. The molecular formula is C31H34F2N2O5. The normalized spacial score (nSPS) is 13.6. The van der Waals surface area contributed by atoms with Crippen LogP contribution in [-0.4, -0.2) is 60.6 Å². The lowest BCUT2D eigenvalue weighted by Gasteiger charge is -2.34. The van der Waals surface area contributed by atoms with E-state index >= 15 is 0 Å². The van der Waals surface area contributed by atoms with Crippen molar-refractivity contribution in [2.45, 2.75) is 38.1 Å². The fourth-order valence-electron chi connectivity index (χ4n) is 5.10. The Balaban J connectivity index is 1.28. The highest BCUT2D eigenvalue weighted by atomic mass is 19.1. The zero-order valence-corrected chi connectivity index (χ0v) is 22.7. The molecule has 4 rings (SSSR count). The van der Waals surface area contributed by atoms with Crippen molar-refractivity contribution < 1.29 is 33.0 Å². The molecule has 0 saturated carbocycles. The number of amides is 2. The predicted octanol–water partition coefficient (Wildman–Crippen LogP) is 5.25. The molecule has 0 spiro atoms. The van der Waals surface area contributed by atoms with E-state index in [4.69, 9.17) is 9.47 Å². The van der Waals surface area contributed by atoms with Crippen molar-refractivity contribution in [3.05, 3.63) is 89.0 Å². The molecule has 1 aliphatic rings. The van der Waals surface area contributed by atoms with Crippen molar-refractivity contribution in [3.63, 3.8) is 0 Å². The van der Waals surface area contributed by atoms with E-state index in [9.17, 15) is 23.5 Å². The second-order valence-corrected chi connectivity index (χ2v) is 9.88. The highest BCUT2D eigenvalue weighted by Gasteiger charge is 2.27. The molecule has 1 saturated heterocycles. The summed E-state index contributed by atoms with van der Waals surface area (Å²) in [6.45, 7) is 1.10. The summed E-state index contributed by atoms with van der Waals surface area (Å²) in [5.41, 5.74) is 2.56. The number of hydrogen-bond donors (Lipinski definition) is 1. The van der Waals surface area contributed by atoms with Crippen molar-refractivity contribution in [2.24, 2.45) is 0 Å². The summed E-state index contributed by atoms with van der Waals surface area (Å²) in [4.78, 5) is 28.9. The van der Waals surface area contributed by atoms with E-state index in [0.717, 1.165) is 24.0 Å². The van der Waals surface area contributed by atoms with Gasteiger partial charge in [0.1, 0.15) is 11.6 Å². The summed E-state index contributed by atoms with van der Waals surface area (Å²) in [6, 6.07) is 15.9. The van der Waals surface area contributed by atoms with E-state index in [1.165, 1.54) is 44.6 Å². The standard InChI is InChI=1S/C31H34F2N2O5/c1-39-28-18-21(17-27(36)31(28)40-2)19-34-15-16-35(20-30(34)38)29(37)6-4-3-5-26(22-7-11-24(32)12-8-22)23-9-13-25(33)14-10-23/h7-14,17-18,26,36H,3-6,15-16,19-20H2,1-2H3. The Bertz CT molecular complexity index is 1270. The average Bonchev–Trinajstić information content (AvgIpc) is 2.95. The quantitative estimate of drug-likeness (QED) is 0.329. The lowest BCUT2D eigenvalue weighted by atomic mass is 9.87. The van der Waals surface area contributed by atoms with Crippen LogP contribution in [0, 0.1) is 11.6 Å². The number of aromatic hydroxyl groups is 1. The Labute approximate surface area is 232 Å². The lowest BCUT2D eigenvalue weighted by molar-refractivity contribution is -0.145. The molecule has 0 aromatic heterocycles. The molecule has 3 aromatic carbocycles. The number of hydrogen-bond acceptors (Lipinski definition) is 5. The molecule has 1 aliphatic heterocycles. The summed E-state index contributed by atoms with van der Waals surface area (Å²) < 4.78 is 37.4. The van der Waals surface area contributed by atoms with Crippen LogP contribution in [0.25, 0.3) is 0 Å². The third kappa shape index (κ3) is 7.08. The largest absolute Gasteiger partial charge is 0.504 e. The van der Waals surface area contributed by atoms with E-state index in [-0.39, 0.29) is 54.0 Å². The number of rotatable bonds is 11. The summed E-state index contributed by atoms with van der Waals surface area (Å²) in [5.74, 6) is -0.378. The Morgan fingerprint density at radius 3 is 2.10 bits per heavy atom. The molecule has 1 fully saturated rings. The molecule has 1 N–H and O–H groups in total. The summed E-state index contributed by atoms with van der Waals surface area (Å²) in [6.07, 6.45) is 2.41. The Morgan fingerprint density at radius 2 is 1.55 bits per heavy atom. The van der Waals surface area contributed by atoms with Gasteiger partial charge >= 0.3 is 0 Å². The van der Waals surface area contributed by atoms with Gasteiger partial charge in [-0.15, -0.1) is 0 Å². The smallest absolute Gasteiger partial charge is 0.242 e. The number of ether oxygens (including phenoxy) is 2. The molecule has 0 aliphatic carbocycles. The number of carbonyl (C=O) groups excluding carboxylic acids is 2. The summed E-state index contributed by atoms with van der Waals surface area (Å²) in [5, 5.41) is 10.2. The van der Waals surface area contributed by atoms with Gasteiger partial charge in [0.2, 0.25) is 17.6 Å². The van der Waals surface area contributed by atoms with Crippen molar-refractivity contribution in [3.8, 4) is 17.2 Å². The van der Waals surface area contributed by atoms with Crippen LogP contribution in [0.1, 0.15) is 48.3 Å². The Morgan fingerprint density at radius 1 is 0.925 bits per heavy atom. The van der Waals surface area contributed by atoms with Gasteiger partial charge in [0, 0.05) is 32.0 Å². The molecule has 2 amide bonds. The van der Waals surface area contributed by atoms with Gasteiger partial charge in [-0.1, -0.05) is 30.7 Å². The molecule has 0 atom stereocenters. The van der Waals surface area contributed by atoms with Crippen LogP contribution in [0.15, 0.2) is 60.7 Å². The number of halogens is 2. The van der Waals surface area contributed by atoms with Crippen LogP contribution >= 0.6 is 0 Å². The van der Waals surface area contributed by atoms with Gasteiger partial charge in [-0.05, 0) is 65.9 Å². The van der Waals surface area contributed by atoms with Gasteiger partial charge in [0.15, 0.2) is 11.5 Å². The second-order valence-electron chi connectivity index (χ2n) is 9.88. The van der Waals surface area contributed by atoms with E-state index in [1.54, 1.807) is 40.1 Å². The number of unbranched alkanes of at least 4 members (excludes halogenated alkanes) is 1. The maximum atomic E-state index is 13.5. The second kappa shape index (κ2) is 13.3. The van der Waals surface area contributed by atoms with Crippen LogP contribution in [0.3, 0.4) is 0 Å². The van der Waals surface area contributed by atoms with Crippen molar-refractivity contribution in [1.82, 2.24) is 9.80 Å². The van der Waals surface area contributed by atoms with Gasteiger partial charge in [0.25, 0.3) is 0 Å². The fourth-order valence-corrected chi connectivity index (χ4v) is 5.10. The van der Waals surface area contributed by atoms with Gasteiger partial charge in [0.05, 0.1) is 20.8 Å². The van der Waals surface area contributed by atoms with Gasteiger partial charge in [-0.2, -0.15) is 0 Å². The van der Waals surface area contributed by atoms with Crippen LogP contribution in [0.4, 0.5) is 8.78 Å². The van der Waals surface area contributed by atoms with Crippen molar-refractivity contribution in [1.29, 1.82) is 0 Å². The SMILES string of the molecule is COc1cc(CN2CCN(C(=O)CCCCC(c3ccc(F)cc3)c3ccc(F)cc3)CC2=O)cc(O)c1OC. The van der Waals surface area contributed by atoms with Crippen LogP contribution in [-0.2, 0) is 16.1 Å². The third-order valence-corrected chi connectivity index (χ3v) is 7.24. The van der Waals surface area contributed by atoms with Gasteiger partial charge in [-0.3, -0.25) is 9.59 Å². The first kappa shape index (κ1) is 28.9. The summed E-state index contributed by atoms with van der Waals surface area (Å²) in [7, 11) is 2.91. The molecule has 7 nitrogen and oxygen atoms in total. The zero-order chi connectivity index (χ0) is 28.6. The molecule has 1 heterocycles. The van der Waals surface area contributed by atoms with E-state index < -0.39 is 0 Å². The van der Waals surface area contributed by atoms with Crippen LogP contribution < -0.4 is 9.47 Å². The number of carbonyl (C=O) groups is 2. The highest BCUT2D eigenvalue weighted by molar-refractivity contribution is 5.86. The maximum Gasteiger partial charge on any atom is 0.242 e. The minimum absolute atomic E-state index is 0.00584. The fraction of sp³-hybridized carbons (Fsp3) is 0.355. The van der Waals surface area contributed by atoms with Gasteiger partial charge in [-0.25, -0.2) is 8.78 Å². The molecular weight excluding hydrogens is 518 g/mol.